The highest BCUT2D eigenvalue weighted by atomic mass is 32.2. The summed E-state index contributed by atoms with van der Waals surface area (Å²) >= 11 is 0. The molecule has 0 saturated heterocycles. The molecular formula is C18H14F3N3O2S. The summed E-state index contributed by atoms with van der Waals surface area (Å²) in [6.45, 7) is 0. The van der Waals surface area contributed by atoms with Crippen LogP contribution in [0.15, 0.2) is 54.9 Å². The lowest BCUT2D eigenvalue weighted by molar-refractivity contribution is -0.141. The van der Waals surface area contributed by atoms with Gasteiger partial charge >= 0.3 is 6.18 Å². The molecule has 5 nitrogen and oxygen atoms in total. The fraction of sp³-hybridized carbons (Fsp3) is 0.111. The van der Waals surface area contributed by atoms with E-state index in [1.54, 1.807) is 36.5 Å². The molecule has 0 atom stereocenters. The van der Waals surface area contributed by atoms with Crippen molar-refractivity contribution in [3.8, 4) is 22.3 Å². The van der Waals surface area contributed by atoms with Gasteiger partial charge in [0.05, 0.1) is 5.75 Å². The van der Waals surface area contributed by atoms with E-state index in [1.165, 1.54) is 6.07 Å². The highest BCUT2D eigenvalue weighted by molar-refractivity contribution is 7.71. The molecular weight excluding hydrogens is 379 g/mol. The van der Waals surface area contributed by atoms with Crippen molar-refractivity contribution in [2.24, 2.45) is 0 Å². The Hall–Kier alpha value is -2.94. The number of hydrogen-bond acceptors (Lipinski definition) is 5. The molecule has 2 N–H and O–H groups in total. The molecule has 0 bridgehead atoms. The van der Waals surface area contributed by atoms with Crippen LogP contribution in [0.4, 0.5) is 19.0 Å². The third-order valence-electron chi connectivity index (χ3n) is 3.88. The molecule has 3 aromatic rings. The van der Waals surface area contributed by atoms with Gasteiger partial charge in [-0.3, -0.25) is 4.98 Å². The molecule has 0 aliphatic carbocycles. The van der Waals surface area contributed by atoms with E-state index in [0.29, 0.717) is 22.3 Å². The number of nitrogens with two attached hydrogens (primary N) is 1. The first kappa shape index (κ1) is 18.8. The molecule has 0 radical (unpaired) electrons. The number of nitrogen functional groups attached to an aromatic ring is 1. The average Bonchev–Trinajstić information content (AvgIpc) is 2.62. The Bertz CT molecular complexity index is 1020. The molecule has 2 heterocycles. The van der Waals surface area contributed by atoms with Gasteiger partial charge in [-0.1, -0.05) is 30.3 Å². The van der Waals surface area contributed by atoms with Gasteiger partial charge in [-0.25, -0.2) is 13.4 Å². The van der Waals surface area contributed by atoms with Gasteiger partial charge in [-0.15, -0.1) is 0 Å². The molecule has 0 spiro atoms. The van der Waals surface area contributed by atoms with Crippen LogP contribution in [0.2, 0.25) is 0 Å². The first-order valence-electron chi connectivity index (χ1n) is 7.74. The predicted molar refractivity (Wildman–Crippen MR) is 96.3 cm³/mol. The molecule has 1 aromatic carbocycles. The highest BCUT2D eigenvalue weighted by Crippen LogP contribution is 2.32. The number of alkyl halides is 3. The number of halogens is 3. The summed E-state index contributed by atoms with van der Waals surface area (Å²) in [6, 6.07) is 10.8. The minimum atomic E-state index is -4.51. The molecule has 0 fully saturated rings. The number of rotatable bonds is 4. The second kappa shape index (κ2) is 7.36. The maximum atomic E-state index is 12.7. The minimum Gasteiger partial charge on any atom is -0.383 e. The summed E-state index contributed by atoms with van der Waals surface area (Å²) in [5.74, 6) is 0.123. The summed E-state index contributed by atoms with van der Waals surface area (Å²) in [4.78, 5) is 7.55. The first-order valence-corrected chi connectivity index (χ1v) is 9.10. The van der Waals surface area contributed by atoms with Crippen molar-refractivity contribution in [2.45, 2.75) is 11.9 Å². The maximum absolute atomic E-state index is 12.7. The van der Waals surface area contributed by atoms with Crippen LogP contribution in [0.25, 0.3) is 22.3 Å². The van der Waals surface area contributed by atoms with Gasteiger partial charge in [-0.2, -0.15) is 13.2 Å². The van der Waals surface area contributed by atoms with E-state index in [0.717, 1.165) is 17.8 Å². The van der Waals surface area contributed by atoms with Crippen molar-refractivity contribution in [3.05, 3.63) is 66.1 Å². The number of hydrogen-bond donors (Lipinski definition) is 2. The van der Waals surface area contributed by atoms with Gasteiger partial charge in [-0.05, 0) is 23.3 Å². The normalized spacial score (nSPS) is 11.7. The number of benzene rings is 1. The molecule has 0 aliphatic rings. The fourth-order valence-corrected chi connectivity index (χ4v) is 3.05. The quantitative estimate of drug-likeness (QED) is 0.663. The summed E-state index contributed by atoms with van der Waals surface area (Å²) in [5, 5.41) is 0. The van der Waals surface area contributed by atoms with Gasteiger partial charge in [0.1, 0.15) is 22.2 Å². The van der Waals surface area contributed by atoms with E-state index >= 15 is 0 Å². The van der Waals surface area contributed by atoms with Gasteiger partial charge in [0, 0.05) is 29.1 Å². The van der Waals surface area contributed by atoms with Crippen molar-refractivity contribution in [3.63, 3.8) is 0 Å². The number of pyridine rings is 2. The van der Waals surface area contributed by atoms with Gasteiger partial charge in [0.25, 0.3) is 0 Å². The van der Waals surface area contributed by atoms with Crippen LogP contribution in [0.1, 0.15) is 11.3 Å². The van der Waals surface area contributed by atoms with Crippen molar-refractivity contribution in [1.29, 1.82) is 0 Å². The molecule has 2 aromatic heterocycles. The lowest BCUT2D eigenvalue weighted by Crippen LogP contribution is -2.07. The minimum absolute atomic E-state index is 0.0436. The van der Waals surface area contributed by atoms with Crippen LogP contribution < -0.4 is 5.73 Å². The second-order valence-corrected chi connectivity index (χ2v) is 6.76. The smallest absolute Gasteiger partial charge is 0.383 e. The zero-order valence-electron chi connectivity index (χ0n) is 13.8. The summed E-state index contributed by atoms with van der Waals surface area (Å²) in [5.41, 5.74) is 7.88. The van der Waals surface area contributed by atoms with E-state index < -0.39 is 22.6 Å². The van der Waals surface area contributed by atoms with Crippen molar-refractivity contribution in [2.75, 3.05) is 5.73 Å². The van der Waals surface area contributed by atoms with E-state index in [4.69, 9.17) is 5.73 Å². The number of anilines is 1. The van der Waals surface area contributed by atoms with Crippen LogP contribution in [0, 0.1) is 0 Å². The van der Waals surface area contributed by atoms with E-state index in [9.17, 15) is 21.6 Å². The zero-order chi connectivity index (χ0) is 19.6. The Morgan fingerprint density at radius 1 is 0.889 bits per heavy atom. The van der Waals surface area contributed by atoms with Gasteiger partial charge in [0.15, 0.2) is 0 Å². The molecule has 0 aliphatic heterocycles. The van der Waals surface area contributed by atoms with Crippen LogP contribution in [0.3, 0.4) is 0 Å². The lowest BCUT2D eigenvalue weighted by atomic mass is 10.0. The van der Waals surface area contributed by atoms with Crippen LogP contribution in [0.5, 0.6) is 0 Å². The van der Waals surface area contributed by atoms with Crippen LogP contribution in [-0.4, -0.2) is 18.4 Å². The van der Waals surface area contributed by atoms with Crippen LogP contribution in [-0.2, 0) is 22.6 Å². The fourth-order valence-electron chi connectivity index (χ4n) is 2.54. The van der Waals surface area contributed by atoms with Crippen molar-refractivity contribution < 1.29 is 21.6 Å². The van der Waals surface area contributed by atoms with Crippen molar-refractivity contribution >= 4 is 16.5 Å². The van der Waals surface area contributed by atoms with E-state index in [2.05, 4.69) is 9.97 Å². The topological polar surface area (TPSA) is 85.9 Å². The maximum Gasteiger partial charge on any atom is 0.433 e. The largest absolute Gasteiger partial charge is 0.433 e. The Balaban J connectivity index is 1.95. The molecule has 9 heteroatoms. The second-order valence-electron chi connectivity index (χ2n) is 5.77. The molecule has 3 rings (SSSR count). The molecule has 0 saturated carbocycles. The zero-order valence-corrected chi connectivity index (χ0v) is 14.7. The summed E-state index contributed by atoms with van der Waals surface area (Å²) in [7, 11) is -2.51. The average molecular weight is 393 g/mol. The number of nitrogens with zero attached hydrogens (tertiary/aromatic N) is 2. The Morgan fingerprint density at radius 2 is 1.52 bits per heavy atom. The van der Waals surface area contributed by atoms with E-state index in [1.807, 2.05) is 0 Å². The van der Waals surface area contributed by atoms with Crippen LogP contribution >= 0.6 is 0 Å². The monoisotopic (exact) mass is 393 g/mol. The highest BCUT2D eigenvalue weighted by Gasteiger charge is 2.32. The third-order valence-corrected chi connectivity index (χ3v) is 4.51. The molecule has 0 amide bonds. The molecule has 27 heavy (non-hydrogen) atoms. The molecule has 140 valence electrons. The lowest BCUT2D eigenvalue weighted by Gasteiger charge is -2.10. The Morgan fingerprint density at radius 3 is 2.07 bits per heavy atom. The Labute approximate surface area is 154 Å². The number of aromatic nitrogens is 2. The summed E-state index contributed by atoms with van der Waals surface area (Å²) in [6.07, 6.45) is -1.87. The Kier molecular flexibility index (Phi) is 5.13. The first-order chi connectivity index (χ1) is 12.7. The number of thiol groups is 1. The van der Waals surface area contributed by atoms with E-state index in [-0.39, 0.29) is 11.6 Å². The summed E-state index contributed by atoms with van der Waals surface area (Å²) < 4.78 is 59.6. The predicted octanol–water partition coefficient (Wildman–Crippen LogP) is 3.52. The third kappa shape index (κ3) is 4.43. The molecule has 0 unspecified atom stereocenters. The van der Waals surface area contributed by atoms with Gasteiger partial charge < -0.3 is 5.73 Å². The SMILES string of the molecule is Nc1ncc(-c2ccc(C[SH](=O)=O)cc2)cc1-c1ccc(C(F)(F)F)nc1. The van der Waals surface area contributed by atoms with Gasteiger partial charge in [0.2, 0.25) is 0 Å². The van der Waals surface area contributed by atoms with Crippen molar-refractivity contribution in [1.82, 2.24) is 9.97 Å². The standard InChI is InChI=1S/C18H14F3N3O2S/c19-18(20,21)16-6-5-13(8-23-16)15-7-14(9-24-17(15)22)12-3-1-11(2-4-12)10-27(25)26/h1-9,27H,10H2,(H2,22,24).